The molecule has 0 aromatic heterocycles. The second-order valence-electron chi connectivity index (χ2n) is 3.74. The zero-order chi connectivity index (χ0) is 13.3. The number of benzene rings is 1. The van der Waals surface area contributed by atoms with Gasteiger partial charge in [0.15, 0.2) is 0 Å². The largest absolute Gasteiger partial charge is 0.277 e. The van der Waals surface area contributed by atoms with E-state index in [1.807, 2.05) is 5.16 Å². The summed E-state index contributed by atoms with van der Waals surface area (Å²) >= 11 is 4.32. The van der Waals surface area contributed by atoms with E-state index in [0.29, 0.717) is 11.1 Å². The van der Waals surface area contributed by atoms with Crippen LogP contribution in [0.15, 0.2) is 29.3 Å². The normalized spacial score (nSPS) is 15.1. The van der Waals surface area contributed by atoms with Crippen LogP contribution in [0.25, 0.3) is 0 Å². The monoisotopic (exact) mass is 260 g/mol. The third kappa shape index (κ3) is 1.77. The van der Waals surface area contributed by atoms with Gasteiger partial charge in [0.2, 0.25) is 0 Å². The number of amides is 3. The lowest BCUT2D eigenvalue weighted by Gasteiger charge is -2.18. The Hall–Kier alpha value is -2.17. The van der Waals surface area contributed by atoms with E-state index in [9.17, 15) is 14.4 Å². The Morgan fingerprint density at radius 2 is 1.78 bits per heavy atom. The Bertz CT molecular complexity index is 570. The van der Waals surface area contributed by atoms with Crippen molar-refractivity contribution >= 4 is 35.1 Å². The fourth-order valence-electron chi connectivity index (χ4n) is 1.81. The van der Waals surface area contributed by atoms with E-state index in [1.54, 1.807) is 24.3 Å². The van der Waals surface area contributed by atoms with Gasteiger partial charge in [0.25, 0.3) is 17.7 Å². The number of thiocarbonyl (C=S) groups is 1. The Morgan fingerprint density at radius 3 is 2.22 bits per heavy atom. The lowest BCUT2D eigenvalue weighted by Crippen LogP contribution is -2.42. The van der Waals surface area contributed by atoms with Crippen molar-refractivity contribution in [3.05, 3.63) is 35.4 Å². The lowest BCUT2D eigenvalue weighted by atomic mass is 10.1. The summed E-state index contributed by atoms with van der Waals surface area (Å²) in [5.74, 6) is -1.65. The molecular formula is C12H8N2O3S. The molecule has 0 aliphatic carbocycles. The maximum Gasteiger partial charge on any atom is 0.277 e. The van der Waals surface area contributed by atoms with E-state index in [0.717, 1.165) is 4.90 Å². The van der Waals surface area contributed by atoms with Gasteiger partial charge in [0.05, 0.1) is 16.3 Å². The summed E-state index contributed by atoms with van der Waals surface area (Å²) in [4.78, 5) is 39.7. The van der Waals surface area contributed by atoms with Crippen LogP contribution in [0.5, 0.6) is 0 Å². The van der Waals surface area contributed by atoms with Gasteiger partial charge in [-0.25, -0.2) is 0 Å². The van der Waals surface area contributed by atoms with Gasteiger partial charge in [-0.2, -0.15) is 4.99 Å². The van der Waals surface area contributed by atoms with Gasteiger partial charge in [-0.05, 0) is 31.3 Å². The van der Waals surface area contributed by atoms with Crippen molar-refractivity contribution in [2.24, 2.45) is 4.99 Å². The molecule has 1 aliphatic rings. The molecule has 1 atom stereocenters. The Kier molecular flexibility index (Phi) is 3.14. The molecule has 5 nitrogen and oxygen atoms in total. The standard InChI is InChI=1S/C12H8N2O3S/c1-7(10(15)13-6-18)14-11(16)8-4-2-3-5-9(8)12(14)17/h2-5,7H,1H3/t7-/m1/s1. The van der Waals surface area contributed by atoms with Crippen LogP contribution in [0.4, 0.5) is 0 Å². The molecule has 0 spiro atoms. The zero-order valence-electron chi connectivity index (χ0n) is 9.41. The molecule has 90 valence electrons. The maximum atomic E-state index is 12.0. The highest BCUT2D eigenvalue weighted by Gasteiger charge is 2.40. The molecule has 0 saturated heterocycles. The average Bonchev–Trinajstić information content (AvgIpc) is 2.62. The third-order valence-electron chi connectivity index (χ3n) is 2.73. The van der Waals surface area contributed by atoms with Crippen molar-refractivity contribution in [2.45, 2.75) is 13.0 Å². The number of carbonyl (C=O) groups excluding carboxylic acids is 3. The summed E-state index contributed by atoms with van der Waals surface area (Å²) in [7, 11) is 0. The first kappa shape index (κ1) is 12.3. The summed E-state index contributed by atoms with van der Waals surface area (Å²) < 4.78 is 0. The van der Waals surface area contributed by atoms with Crippen LogP contribution < -0.4 is 0 Å². The van der Waals surface area contributed by atoms with Gasteiger partial charge in [-0.15, -0.1) is 0 Å². The molecular weight excluding hydrogens is 252 g/mol. The molecule has 6 heteroatoms. The van der Waals surface area contributed by atoms with Crippen molar-refractivity contribution in [2.75, 3.05) is 0 Å². The average molecular weight is 260 g/mol. The van der Waals surface area contributed by atoms with Crippen LogP contribution in [0, 0.1) is 0 Å². The van der Waals surface area contributed by atoms with Crippen molar-refractivity contribution in [1.82, 2.24) is 4.90 Å². The first-order valence-corrected chi connectivity index (χ1v) is 5.57. The summed E-state index contributed by atoms with van der Waals surface area (Å²) in [6.07, 6.45) is 0. The molecule has 1 aliphatic heterocycles. The van der Waals surface area contributed by atoms with Crippen LogP contribution in [0.1, 0.15) is 27.6 Å². The Balaban J connectivity index is 2.40. The first-order valence-electron chi connectivity index (χ1n) is 5.16. The fourth-order valence-corrected chi connectivity index (χ4v) is 1.90. The molecule has 0 N–H and O–H groups in total. The molecule has 0 fully saturated rings. The molecule has 1 aromatic rings. The molecule has 0 unspecified atom stereocenters. The van der Waals surface area contributed by atoms with E-state index >= 15 is 0 Å². The van der Waals surface area contributed by atoms with E-state index in [1.165, 1.54) is 6.92 Å². The minimum atomic E-state index is -0.979. The second-order valence-corrected chi connectivity index (χ2v) is 3.93. The molecule has 1 heterocycles. The van der Waals surface area contributed by atoms with Crippen LogP contribution in [-0.4, -0.2) is 33.8 Å². The summed E-state index contributed by atoms with van der Waals surface area (Å²) in [5, 5.41) is 1.93. The Morgan fingerprint density at radius 1 is 1.28 bits per heavy atom. The maximum absolute atomic E-state index is 12.0. The molecule has 0 saturated carbocycles. The van der Waals surface area contributed by atoms with E-state index in [-0.39, 0.29) is 0 Å². The molecule has 0 radical (unpaired) electrons. The minimum absolute atomic E-state index is 0.300. The molecule has 1 aromatic carbocycles. The van der Waals surface area contributed by atoms with Gasteiger partial charge in [0, 0.05) is 0 Å². The van der Waals surface area contributed by atoms with Crippen molar-refractivity contribution in [3.63, 3.8) is 0 Å². The number of carbonyl (C=O) groups is 3. The number of nitrogens with zero attached hydrogens (tertiary/aromatic N) is 2. The van der Waals surface area contributed by atoms with Crippen LogP contribution in [-0.2, 0) is 4.79 Å². The smallest absolute Gasteiger partial charge is 0.269 e. The van der Waals surface area contributed by atoms with Gasteiger partial charge in [-0.3, -0.25) is 19.3 Å². The van der Waals surface area contributed by atoms with E-state index in [4.69, 9.17) is 0 Å². The quantitative estimate of drug-likeness (QED) is 0.456. The molecule has 3 amide bonds. The zero-order valence-corrected chi connectivity index (χ0v) is 10.2. The highest BCUT2D eigenvalue weighted by molar-refractivity contribution is 7.78. The minimum Gasteiger partial charge on any atom is -0.269 e. The van der Waals surface area contributed by atoms with E-state index in [2.05, 4.69) is 17.2 Å². The number of imide groups is 1. The predicted octanol–water partition coefficient (Wildman–Crippen LogP) is 1.30. The summed E-state index contributed by atoms with van der Waals surface area (Å²) in [6.45, 7) is 1.43. The number of aliphatic imine (C=N–C) groups is 1. The molecule has 2 rings (SSSR count). The molecule has 18 heavy (non-hydrogen) atoms. The highest BCUT2D eigenvalue weighted by Crippen LogP contribution is 2.24. The topological polar surface area (TPSA) is 66.8 Å². The second kappa shape index (κ2) is 4.60. The van der Waals surface area contributed by atoms with Gasteiger partial charge in [-0.1, -0.05) is 12.1 Å². The van der Waals surface area contributed by atoms with Crippen molar-refractivity contribution < 1.29 is 14.4 Å². The Labute approximate surface area is 108 Å². The van der Waals surface area contributed by atoms with Crippen LogP contribution in [0.2, 0.25) is 0 Å². The highest BCUT2D eigenvalue weighted by atomic mass is 32.1. The number of hydrogen-bond donors (Lipinski definition) is 0. The number of hydrogen-bond acceptors (Lipinski definition) is 4. The van der Waals surface area contributed by atoms with Crippen molar-refractivity contribution in [3.8, 4) is 0 Å². The van der Waals surface area contributed by atoms with Crippen molar-refractivity contribution in [1.29, 1.82) is 0 Å². The van der Waals surface area contributed by atoms with Crippen LogP contribution >= 0.6 is 12.2 Å². The fraction of sp³-hybridized carbons (Fsp3) is 0.167. The van der Waals surface area contributed by atoms with Gasteiger partial charge in [0.1, 0.15) is 6.04 Å². The van der Waals surface area contributed by atoms with Gasteiger partial charge < -0.3 is 0 Å². The summed E-state index contributed by atoms with van der Waals surface area (Å²) in [6, 6.07) is 5.45. The number of rotatable bonds is 2. The van der Waals surface area contributed by atoms with Gasteiger partial charge >= 0.3 is 0 Å². The third-order valence-corrected chi connectivity index (χ3v) is 2.82. The number of fused-ring (bicyclic) bond motifs is 1. The predicted molar refractivity (Wildman–Crippen MR) is 66.4 cm³/mol. The lowest BCUT2D eigenvalue weighted by molar-refractivity contribution is -0.121. The van der Waals surface area contributed by atoms with E-state index < -0.39 is 23.8 Å². The molecule has 0 bridgehead atoms. The SMILES string of the molecule is C[C@H](C(=O)N=C=S)N1C(=O)c2ccccc2C1=O. The number of isothiocyanates is 1. The summed E-state index contributed by atoms with van der Waals surface area (Å²) in [5.41, 5.74) is 0.599. The van der Waals surface area contributed by atoms with Crippen LogP contribution in [0.3, 0.4) is 0 Å². The first-order chi connectivity index (χ1) is 8.57.